The number of rotatable bonds is 7. The fourth-order valence-corrected chi connectivity index (χ4v) is 4.06. The first-order valence-corrected chi connectivity index (χ1v) is 10.6. The van der Waals surface area contributed by atoms with Crippen molar-refractivity contribution in [3.63, 3.8) is 0 Å². The highest BCUT2D eigenvalue weighted by molar-refractivity contribution is 4.96. The van der Waals surface area contributed by atoms with Gasteiger partial charge in [-0.3, -0.25) is 0 Å². The van der Waals surface area contributed by atoms with E-state index in [-0.39, 0.29) is 0 Å². The van der Waals surface area contributed by atoms with E-state index in [1.165, 1.54) is 0 Å². The summed E-state index contributed by atoms with van der Waals surface area (Å²) in [4.78, 5) is 0. The lowest BCUT2D eigenvalue weighted by Gasteiger charge is -2.47. The molecule has 0 spiro atoms. The Morgan fingerprint density at radius 1 is 0.441 bits per heavy atom. The number of hydrogen-bond donors (Lipinski definition) is 11. The second-order valence-corrected chi connectivity index (χ2v) is 8.33. The van der Waals surface area contributed by atoms with Crippen molar-refractivity contribution < 1.29 is 79.9 Å². The van der Waals surface area contributed by atoms with Crippen molar-refractivity contribution in [2.45, 2.75) is 92.1 Å². The maximum atomic E-state index is 10.6. The molecule has 15 atom stereocenters. The van der Waals surface area contributed by atoms with Gasteiger partial charge in [-0.15, -0.1) is 0 Å². The van der Waals surface area contributed by atoms with E-state index >= 15 is 0 Å². The molecule has 34 heavy (non-hydrogen) atoms. The van der Waals surface area contributed by atoms with Crippen molar-refractivity contribution >= 4 is 0 Å². The second-order valence-electron chi connectivity index (χ2n) is 8.33. The Labute approximate surface area is 192 Å². The number of aliphatic hydroxyl groups excluding tert-OH is 11. The highest BCUT2D eigenvalue weighted by Crippen LogP contribution is 2.32. The van der Waals surface area contributed by atoms with Crippen molar-refractivity contribution in [2.75, 3.05) is 19.8 Å². The minimum Gasteiger partial charge on any atom is -0.394 e. The molecule has 3 aliphatic heterocycles. The van der Waals surface area contributed by atoms with Gasteiger partial charge in [0.2, 0.25) is 0 Å². The molecular weight excluding hydrogens is 472 g/mol. The Morgan fingerprint density at radius 2 is 0.853 bits per heavy atom. The van der Waals surface area contributed by atoms with Crippen LogP contribution in [0.15, 0.2) is 0 Å². The van der Waals surface area contributed by atoms with Gasteiger partial charge in [-0.1, -0.05) is 0 Å². The smallest absolute Gasteiger partial charge is 0.187 e. The van der Waals surface area contributed by atoms with Crippen LogP contribution < -0.4 is 0 Å². The van der Waals surface area contributed by atoms with Crippen molar-refractivity contribution in [2.24, 2.45) is 0 Å². The molecule has 0 aromatic rings. The molecule has 3 heterocycles. The molecule has 3 rings (SSSR count). The molecule has 0 aromatic heterocycles. The molecule has 3 saturated heterocycles. The van der Waals surface area contributed by atoms with Crippen LogP contribution in [0.25, 0.3) is 0 Å². The lowest BCUT2D eigenvalue weighted by Crippen LogP contribution is -2.66. The van der Waals surface area contributed by atoms with Gasteiger partial charge in [-0.2, -0.15) is 0 Å². The Bertz CT molecular complexity index is 635. The van der Waals surface area contributed by atoms with Crippen LogP contribution in [0, 0.1) is 0 Å². The molecule has 0 bridgehead atoms. The molecule has 11 N–H and O–H groups in total. The Balaban J connectivity index is 1.72. The fourth-order valence-electron chi connectivity index (χ4n) is 4.06. The first-order chi connectivity index (χ1) is 16.0. The van der Waals surface area contributed by atoms with Crippen LogP contribution in [-0.2, 0) is 23.7 Å². The first-order valence-electron chi connectivity index (χ1n) is 10.6. The summed E-state index contributed by atoms with van der Waals surface area (Å²) in [7, 11) is 0. The van der Waals surface area contributed by atoms with E-state index in [0.717, 1.165) is 0 Å². The molecule has 3 fully saturated rings. The predicted molar refractivity (Wildman–Crippen MR) is 101 cm³/mol. The zero-order valence-corrected chi connectivity index (χ0v) is 17.7. The normalized spacial score (nSPS) is 52.5. The Kier molecular flexibility index (Phi) is 9.54. The van der Waals surface area contributed by atoms with Crippen LogP contribution in [0.4, 0.5) is 0 Å². The maximum absolute atomic E-state index is 10.6. The summed E-state index contributed by atoms with van der Waals surface area (Å²) < 4.78 is 26.4. The minimum absolute atomic E-state index is 0.741. The van der Waals surface area contributed by atoms with E-state index < -0.39 is 112 Å². The molecule has 16 heteroatoms. The molecule has 0 amide bonds. The van der Waals surface area contributed by atoms with Crippen LogP contribution in [0.2, 0.25) is 0 Å². The summed E-state index contributed by atoms with van der Waals surface area (Å²) >= 11 is 0. The highest BCUT2D eigenvalue weighted by Gasteiger charge is 2.53. The van der Waals surface area contributed by atoms with Crippen LogP contribution in [0.5, 0.6) is 0 Å². The molecule has 0 aliphatic carbocycles. The van der Waals surface area contributed by atoms with Crippen molar-refractivity contribution in [3.05, 3.63) is 0 Å². The summed E-state index contributed by atoms with van der Waals surface area (Å²) in [5.74, 6) is 0. The zero-order valence-electron chi connectivity index (χ0n) is 17.7. The van der Waals surface area contributed by atoms with Crippen molar-refractivity contribution in [1.29, 1.82) is 0 Å². The summed E-state index contributed by atoms with van der Waals surface area (Å²) in [6.07, 6.45) is -25.1. The molecule has 0 aromatic carbocycles. The highest BCUT2D eigenvalue weighted by atomic mass is 16.8. The van der Waals surface area contributed by atoms with Gasteiger partial charge in [-0.05, 0) is 0 Å². The third-order valence-electron chi connectivity index (χ3n) is 6.09. The van der Waals surface area contributed by atoms with Crippen LogP contribution in [0.1, 0.15) is 0 Å². The van der Waals surface area contributed by atoms with E-state index in [2.05, 4.69) is 0 Å². The van der Waals surface area contributed by atoms with Crippen LogP contribution in [0.3, 0.4) is 0 Å². The minimum atomic E-state index is -1.91. The third-order valence-corrected chi connectivity index (χ3v) is 6.09. The zero-order chi connectivity index (χ0) is 25.3. The van der Waals surface area contributed by atoms with Gasteiger partial charge in [-0.25, -0.2) is 0 Å². The molecule has 0 radical (unpaired) electrons. The molecule has 0 saturated carbocycles. The monoisotopic (exact) mass is 504 g/mol. The van der Waals surface area contributed by atoms with Crippen molar-refractivity contribution in [1.82, 2.24) is 0 Å². The van der Waals surface area contributed by atoms with Gasteiger partial charge in [0.25, 0.3) is 0 Å². The maximum Gasteiger partial charge on any atom is 0.187 e. The number of aliphatic hydroxyl groups is 11. The van der Waals surface area contributed by atoms with E-state index in [1.807, 2.05) is 0 Å². The van der Waals surface area contributed by atoms with Crippen LogP contribution >= 0.6 is 0 Å². The second kappa shape index (κ2) is 11.6. The van der Waals surface area contributed by atoms with Crippen LogP contribution in [-0.4, -0.2) is 168 Å². The topological polar surface area (TPSA) is 269 Å². The molecular formula is C18H32O16. The number of ether oxygens (including phenoxy) is 5. The molecule has 16 nitrogen and oxygen atoms in total. The van der Waals surface area contributed by atoms with Gasteiger partial charge in [0, 0.05) is 0 Å². The fraction of sp³-hybridized carbons (Fsp3) is 1.00. The summed E-state index contributed by atoms with van der Waals surface area (Å²) in [5.41, 5.74) is 0. The lowest BCUT2D eigenvalue weighted by molar-refractivity contribution is -0.377. The summed E-state index contributed by atoms with van der Waals surface area (Å²) in [5, 5.41) is 109. The molecule has 200 valence electrons. The van der Waals surface area contributed by atoms with Gasteiger partial charge < -0.3 is 79.9 Å². The Morgan fingerprint density at radius 3 is 1.35 bits per heavy atom. The molecule has 7 unspecified atom stereocenters. The van der Waals surface area contributed by atoms with Gasteiger partial charge in [0.05, 0.1) is 19.8 Å². The van der Waals surface area contributed by atoms with E-state index in [0.29, 0.717) is 0 Å². The van der Waals surface area contributed by atoms with E-state index in [9.17, 15) is 56.2 Å². The quantitative estimate of drug-likeness (QED) is 0.154. The van der Waals surface area contributed by atoms with Gasteiger partial charge >= 0.3 is 0 Å². The predicted octanol–water partition coefficient (Wildman–Crippen LogP) is -7.57. The first kappa shape index (κ1) is 27.9. The average Bonchev–Trinajstić information content (AvgIpc) is 2.83. The number of hydrogen-bond acceptors (Lipinski definition) is 16. The summed E-state index contributed by atoms with van der Waals surface area (Å²) in [6, 6.07) is 0. The van der Waals surface area contributed by atoms with Crippen molar-refractivity contribution in [3.8, 4) is 0 Å². The van der Waals surface area contributed by atoms with Gasteiger partial charge in [0.15, 0.2) is 18.9 Å². The van der Waals surface area contributed by atoms with E-state index in [4.69, 9.17) is 23.7 Å². The average molecular weight is 504 g/mol. The SMILES string of the molecule is OCC1O[C@H](O)C(O)C(O)[C@@H]1O[C@@H]1OC(CO)[C@H](O[C@@H]2OC(CO)[C@H](O)[C@H](O)C2O)[C@H](O)C1O. The van der Waals surface area contributed by atoms with E-state index in [1.54, 1.807) is 0 Å². The van der Waals surface area contributed by atoms with Gasteiger partial charge in [0.1, 0.15) is 73.2 Å². The third kappa shape index (κ3) is 5.37. The lowest BCUT2D eigenvalue weighted by atomic mass is 9.96. The molecule has 3 aliphatic rings. The largest absolute Gasteiger partial charge is 0.394 e. The Hall–Kier alpha value is -0.640. The standard InChI is InChI=1S/C18H32O16/c19-1-4-7(22)8(23)12(27)17(31-4)34-15-6(3-21)32-18(13(28)10(15)25)33-14-5(2-20)30-16(29)11(26)9(14)24/h4-29H,1-3H2/t4?,5?,6?,7-,8-,9?,10+,11?,12?,13?,14+,15-,16-,17-,18-/m0/s1. The summed E-state index contributed by atoms with van der Waals surface area (Å²) in [6.45, 7) is -2.32.